The van der Waals surface area contributed by atoms with E-state index in [4.69, 9.17) is 10.5 Å². The van der Waals surface area contributed by atoms with Gasteiger partial charge in [-0.15, -0.1) is 0 Å². The van der Waals surface area contributed by atoms with Crippen molar-refractivity contribution < 1.29 is 19.1 Å². The SMILES string of the molecule is COC(=O)C(N)CCC(=O)OC(C)(C)C. The van der Waals surface area contributed by atoms with Crippen molar-refractivity contribution >= 4 is 11.9 Å². The second kappa shape index (κ2) is 5.70. The van der Waals surface area contributed by atoms with Crippen molar-refractivity contribution in [1.82, 2.24) is 0 Å². The average molecular weight is 217 g/mol. The molecule has 0 aromatic carbocycles. The third-order valence-electron chi connectivity index (χ3n) is 1.58. The summed E-state index contributed by atoms with van der Waals surface area (Å²) in [5, 5.41) is 0. The number of nitrogens with two attached hydrogens (primary N) is 1. The molecule has 5 heteroatoms. The molecule has 0 saturated heterocycles. The van der Waals surface area contributed by atoms with E-state index < -0.39 is 17.6 Å². The average Bonchev–Trinajstić information content (AvgIpc) is 2.10. The first-order valence-electron chi connectivity index (χ1n) is 4.81. The van der Waals surface area contributed by atoms with Gasteiger partial charge in [-0.2, -0.15) is 0 Å². The van der Waals surface area contributed by atoms with Crippen LogP contribution in [0, 0.1) is 0 Å². The molecule has 5 nitrogen and oxygen atoms in total. The number of hydrogen-bond acceptors (Lipinski definition) is 5. The lowest BCUT2D eigenvalue weighted by atomic mass is 10.1. The van der Waals surface area contributed by atoms with Gasteiger partial charge in [-0.3, -0.25) is 9.59 Å². The molecule has 0 heterocycles. The predicted molar refractivity (Wildman–Crippen MR) is 55.1 cm³/mol. The molecule has 0 bridgehead atoms. The molecule has 0 rings (SSSR count). The van der Waals surface area contributed by atoms with Gasteiger partial charge in [-0.1, -0.05) is 0 Å². The highest BCUT2D eigenvalue weighted by atomic mass is 16.6. The lowest BCUT2D eigenvalue weighted by Crippen LogP contribution is -2.33. The van der Waals surface area contributed by atoms with Gasteiger partial charge in [0.05, 0.1) is 7.11 Å². The summed E-state index contributed by atoms with van der Waals surface area (Å²) in [6, 6.07) is -0.762. The molecule has 1 unspecified atom stereocenters. The zero-order valence-corrected chi connectivity index (χ0v) is 9.70. The molecular weight excluding hydrogens is 198 g/mol. The number of methoxy groups -OCH3 is 1. The maximum atomic E-state index is 11.2. The Morgan fingerprint density at radius 1 is 1.33 bits per heavy atom. The first-order chi connectivity index (χ1) is 6.76. The molecule has 0 saturated carbocycles. The highest BCUT2D eigenvalue weighted by Gasteiger charge is 2.19. The number of esters is 2. The Morgan fingerprint density at radius 3 is 2.27 bits per heavy atom. The van der Waals surface area contributed by atoms with Crippen LogP contribution in [0.5, 0.6) is 0 Å². The second-order valence-corrected chi connectivity index (χ2v) is 4.25. The summed E-state index contributed by atoms with van der Waals surface area (Å²) in [7, 11) is 1.26. The van der Waals surface area contributed by atoms with Crippen LogP contribution in [0.2, 0.25) is 0 Å². The van der Waals surface area contributed by atoms with Crippen LogP contribution in [0.25, 0.3) is 0 Å². The first kappa shape index (κ1) is 13.9. The number of hydrogen-bond donors (Lipinski definition) is 1. The van der Waals surface area contributed by atoms with Crippen molar-refractivity contribution in [3.8, 4) is 0 Å². The van der Waals surface area contributed by atoms with Gasteiger partial charge in [0, 0.05) is 6.42 Å². The van der Waals surface area contributed by atoms with Crippen LogP contribution in [0.3, 0.4) is 0 Å². The molecule has 15 heavy (non-hydrogen) atoms. The molecule has 0 amide bonds. The minimum absolute atomic E-state index is 0.119. The zero-order chi connectivity index (χ0) is 12.1. The molecule has 0 aromatic heterocycles. The Hall–Kier alpha value is -1.10. The molecule has 0 aromatic rings. The van der Waals surface area contributed by atoms with Gasteiger partial charge in [0.25, 0.3) is 0 Å². The molecule has 2 N–H and O–H groups in total. The van der Waals surface area contributed by atoms with Gasteiger partial charge < -0.3 is 15.2 Å². The smallest absolute Gasteiger partial charge is 0.322 e. The maximum absolute atomic E-state index is 11.2. The van der Waals surface area contributed by atoms with E-state index in [2.05, 4.69) is 4.74 Å². The normalized spacial score (nSPS) is 13.1. The number of rotatable bonds is 4. The predicted octanol–water partition coefficient (Wildman–Crippen LogP) is 0.609. The van der Waals surface area contributed by atoms with E-state index >= 15 is 0 Å². The molecule has 0 aliphatic heterocycles. The molecular formula is C10H19NO4. The Bertz CT molecular complexity index is 232. The lowest BCUT2D eigenvalue weighted by molar-refractivity contribution is -0.155. The van der Waals surface area contributed by atoms with Gasteiger partial charge in [0.15, 0.2) is 0 Å². The fourth-order valence-electron chi connectivity index (χ4n) is 0.935. The van der Waals surface area contributed by atoms with Gasteiger partial charge in [-0.05, 0) is 27.2 Å². The van der Waals surface area contributed by atoms with Crippen molar-refractivity contribution in [1.29, 1.82) is 0 Å². The summed E-state index contributed by atoms with van der Waals surface area (Å²) < 4.78 is 9.48. The van der Waals surface area contributed by atoms with Crippen molar-refractivity contribution in [2.45, 2.75) is 45.3 Å². The van der Waals surface area contributed by atoms with Gasteiger partial charge in [0.1, 0.15) is 11.6 Å². The van der Waals surface area contributed by atoms with Gasteiger partial charge >= 0.3 is 11.9 Å². The van der Waals surface area contributed by atoms with Crippen molar-refractivity contribution in [2.24, 2.45) is 5.73 Å². The molecule has 0 aliphatic carbocycles. The molecule has 0 aliphatic rings. The summed E-state index contributed by atoms with van der Waals surface area (Å²) in [5.74, 6) is -0.875. The van der Waals surface area contributed by atoms with E-state index in [1.165, 1.54) is 7.11 Å². The summed E-state index contributed by atoms with van der Waals surface area (Å²) in [6.45, 7) is 5.35. The molecule has 0 radical (unpaired) electrons. The lowest BCUT2D eigenvalue weighted by Gasteiger charge is -2.19. The molecule has 0 spiro atoms. The monoisotopic (exact) mass is 217 g/mol. The van der Waals surface area contributed by atoms with E-state index in [1.54, 1.807) is 20.8 Å². The summed E-state index contributed by atoms with van der Waals surface area (Å²) in [6.07, 6.45) is 0.356. The van der Waals surface area contributed by atoms with E-state index in [9.17, 15) is 9.59 Å². The summed E-state index contributed by atoms with van der Waals surface area (Å²) >= 11 is 0. The third kappa shape index (κ3) is 6.90. The molecule has 1 atom stereocenters. The Labute approximate surface area is 89.9 Å². The Balaban J connectivity index is 3.86. The topological polar surface area (TPSA) is 78.6 Å². The summed E-state index contributed by atoms with van der Waals surface area (Å²) in [5.41, 5.74) is 4.95. The highest BCUT2D eigenvalue weighted by Crippen LogP contribution is 2.09. The number of carbonyl (C=O) groups is 2. The van der Waals surface area contributed by atoms with Crippen LogP contribution in [0.15, 0.2) is 0 Å². The van der Waals surface area contributed by atoms with Crippen molar-refractivity contribution in [2.75, 3.05) is 7.11 Å². The van der Waals surface area contributed by atoms with Crippen LogP contribution in [0.1, 0.15) is 33.6 Å². The van der Waals surface area contributed by atoms with Crippen molar-refractivity contribution in [3.05, 3.63) is 0 Å². The Morgan fingerprint density at radius 2 is 1.87 bits per heavy atom. The van der Waals surface area contributed by atoms with Gasteiger partial charge in [0.2, 0.25) is 0 Å². The van der Waals surface area contributed by atoms with E-state index in [0.29, 0.717) is 0 Å². The first-order valence-corrected chi connectivity index (χ1v) is 4.81. The summed E-state index contributed by atoms with van der Waals surface area (Å²) in [4.78, 5) is 22.2. The van der Waals surface area contributed by atoms with Crippen LogP contribution in [-0.4, -0.2) is 30.7 Å². The fraction of sp³-hybridized carbons (Fsp3) is 0.800. The van der Waals surface area contributed by atoms with Crippen LogP contribution in [-0.2, 0) is 19.1 Å². The standard InChI is InChI=1S/C10H19NO4/c1-10(2,3)15-8(12)6-5-7(11)9(13)14-4/h7H,5-6,11H2,1-4H3. The van der Waals surface area contributed by atoms with Crippen LogP contribution < -0.4 is 5.73 Å². The third-order valence-corrected chi connectivity index (χ3v) is 1.58. The Kier molecular flexibility index (Phi) is 5.28. The minimum Gasteiger partial charge on any atom is -0.468 e. The van der Waals surface area contributed by atoms with E-state index in [-0.39, 0.29) is 18.8 Å². The second-order valence-electron chi connectivity index (χ2n) is 4.25. The van der Waals surface area contributed by atoms with E-state index in [0.717, 1.165) is 0 Å². The van der Waals surface area contributed by atoms with Crippen molar-refractivity contribution in [3.63, 3.8) is 0 Å². The van der Waals surface area contributed by atoms with Crippen LogP contribution in [0.4, 0.5) is 0 Å². The fourth-order valence-corrected chi connectivity index (χ4v) is 0.935. The van der Waals surface area contributed by atoms with E-state index in [1.807, 2.05) is 0 Å². The zero-order valence-electron chi connectivity index (χ0n) is 9.70. The number of ether oxygens (including phenoxy) is 2. The maximum Gasteiger partial charge on any atom is 0.322 e. The van der Waals surface area contributed by atoms with Gasteiger partial charge in [-0.25, -0.2) is 0 Å². The quantitative estimate of drug-likeness (QED) is 0.698. The molecule has 88 valence electrons. The molecule has 0 fully saturated rings. The largest absolute Gasteiger partial charge is 0.468 e. The van der Waals surface area contributed by atoms with Crippen LogP contribution >= 0.6 is 0 Å². The number of carbonyl (C=O) groups excluding carboxylic acids is 2. The highest BCUT2D eigenvalue weighted by molar-refractivity contribution is 5.77. The minimum atomic E-state index is -0.762.